The van der Waals surface area contributed by atoms with Crippen LogP contribution in [0.2, 0.25) is 0 Å². The van der Waals surface area contributed by atoms with Gasteiger partial charge in [-0.25, -0.2) is 15.0 Å². The maximum atomic E-state index is 5.34. The minimum Gasteiger partial charge on any atom is -0.328 e. The fraction of sp³-hybridized carbons (Fsp3) is 0.250. The summed E-state index contributed by atoms with van der Waals surface area (Å²) >= 11 is 5.34. The number of hydrogen-bond acceptors (Lipinski definition) is 4. The second kappa shape index (κ2) is 6.10. The number of nitrogens with one attached hydrogen (secondary N) is 1. The summed E-state index contributed by atoms with van der Waals surface area (Å²) in [5.74, 6) is 1.59. The third-order valence-electron chi connectivity index (χ3n) is 3.32. The van der Waals surface area contributed by atoms with E-state index in [1.807, 2.05) is 30.3 Å². The topological polar surface area (TPSA) is 54.5 Å². The molecule has 106 valence electrons. The van der Waals surface area contributed by atoms with Crippen molar-refractivity contribution in [3.05, 3.63) is 47.0 Å². The van der Waals surface area contributed by atoms with Gasteiger partial charge in [-0.2, -0.15) is 0 Å². The second-order valence-electron chi connectivity index (χ2n) is 4.91. The summed E-state index contributed by atoms with van der Waals surface area (Å²) in [7, 11) is 0. The molecule has 0 atom stereocenters. The van der Waals surface area contributed by atoms with Crippen LogP contribution in [0, 0.1) is 4.64 Å². The van der Waals surface area contributed by atoms with Crippen molar-refractivity contribution in [2.24, 2.45) is 0 Å². The minimum atomic E-state index is 0.564. The Kier molecular flexibility index (Phi) is 4.01. The van der Waals surface area contributed by atoms with Crippen LogP contribution in [0.1, 0.15) is 25.6 Å². The number of aromatic amines is 1. The number of fused-ring (bicyclic) bond motifs is 1. The Labute approximate surface area is 128 Å². The van der Waals surface area contributed by atoms with Gasteiger partial charge in [0.25, 0.3) is 0 Å². The molecule has 0 saturated heterocycles. The first kappa shape index (κ1) is 13.8. The summed E-state index contributed by atoms with van der Waals surface area (Å²) in [6.07, 6.45) is 4.85. The molecule has 0 saturated carbocycles. The predicted molar refractivity (Wildman–Crippen MR) is 86.6 cm³/mol. The number of hydrogen-bond donors (Lipinski definition) is 1. The van der Waals surface area contributed by atoms with E-state index in [1.165, 1.54) is 0 Å². The smallest absolute Gasteiger partial charge is 0.161 e. The number of rotatable bonds is 4. The van der Waals surface area contributed by atoms with Crippen LogP contribution in [0.5, 0.6) is 0 Å². The van der Waals surface area contributed by atoms with E-state index in [2.05, 4.69) is 26.9 Å². The van der Waals surface area contributed by atoms with Crippen LogP contribution in [0.15, 0.2) is 36.5 Å². The van der Waals surface area contributed by atoms with E-state index in [4.69, 9.17) is 12.2 Å². The van der Waals surface area contributed by atoms with Crippen molar-refractivity contribution in [2.75, 3.05) is 0 Å². The van der Waals surface area contributed by atoms with Crippen molar-refractivity contribution < 1.29 is 0 Å². The molecule has 0 spiro atoms. The average Bonchev–Trinajstić information content (AvgIpc) is 2.53. The SMILES string of the molecule is CCCCc1nc(=S)c2cnc(-c3ccccc3)nc2[nH]1. The van der Waals surface area contributed by atoms with Gasteiger partial charge in [0, 0.05) is 18.2 Å². The molecule has 5 heteroatoms. The van der Waals surface area contributed by atoms with Crippen LogP contribution in [0.3, 0.4) is 0 Å². The Morgan fingerprint density at radius 3 is 2.71 bits per heavy atom. The van der Waals surface area contributed by atoms with Crippen molar-refractivity contribution in [1.29, 1.82) is 0 Å². The zero-order valence-electron chi connectivity index (χ0n) is 11.8. The lowest BCUT2D eigenvalue weighted by Gasteiger charge is -2.05. The molecule has 0 aliphatic heterocycles. The Morgan fingerprint density at radius 2 is 1.95 bits per heavy atom. The third kappa shape index (κ3) is 2.97. The Bertz CT molecular complexity index is 811. The summed E-state index contributed by atoms with van der Waals surface area (Å²) in [6.45, 7) is 2.16. The van der Waals surface area contributed by atoms with Crippen LogP contribution in [0.25, 0.3) is 22.4 Å². The normalized spacial score (nSPS) is 10.9. The molecule has 0 unspecified atom stereocenters. The quantitative estimate of drug-likeness (QED) is 0.737. The van der Waals surface area contributed by atoms with Gasteiger partial charge in [-0.05, 0) is 6.42 Å². The van der Waals surface area contributed by atoms with Gasteiger partial charge in [0.2, 0.25) is 0 Å². The molecule has 0 aliphatic carbocycles. The molecule has 0 radical (unpaired) electrons. The monoisotopic (exact) mass is 296 g/mol. The van der Waals surface area contributed by atoms with E-state index in [0.29, 0.717) is 10.5 Å². The van der Waals surface area contributed by atoms with Gasteiger partial charge in [-0.15, -0.1) is 0 Å². The lowest BCUT2D eigenvalue weighted by molar-refractivity contribution is 0.754. The highest BCUT2D eigenvalue weighted by Gasteiger charge is 2.06. The van der Waals surface area contributed by atoms with Crippen molar-refractivity contribution in [3.8, 4) is 11.4 Å². The standard InChI is InChI=1S/C16H16N4S/c1-2-3-9-13-18-15-12(16(21)19-13)10-17-14(20-15)11-7-5-4-6-8-11/h4-8,10H,2-3,9H2,1H3,(H,17,18,19,20,21). The van der Waals surface area contributed by atoms with Gasteiger partial charge < -0.3 is 4.98 Å². The zero-order chi connectivity index (χ0) is 14.7. The van der Waals surface area contributed by atoms with Gasteiger partial charge in [-0.3, -0.25) is 0 Å². The first-order valence-electron chi connectivity index (χ1n) is 7.09. The average molecular weight is 296 g/mol. The molecule has 3 aromatic rings. The van der Waals surface area contributed by atoms with Crippen LogP contribution in [-0.4, -0.2) is 19.9 Å². The van der Waals surface area contributed by atoms with Crippen LogP contribution >= 0.6 is 12.2 Å². The lowest BCUT2D eigenvalue weighted by Crippen LogP contribution is -2.00. The molecule has 0 aliphatic rings. The van der Waals surface area contributed by atoms with Gasteiger partial charge >= 0.3 is 0 Å². The largest absolute Gasteiger partial charge is 0.328 e. The molecule has 21 heavy (non-hydrogen) atoms. The highest BCUT2D eigenvalue weighted by Crippen LogP contribution is 2.17. The Morgan fingerprint density at radius 1 is 1.14 bits per heavy atom. The lowest BCUT2D eigenvalue weighted by atomic mass is 10.2. The number of aryl methyl sites for hydroxylation is 1. The highest BCUT2D eigenvalue weighted by molar-refractivity contribution is 7.71. The number of aromatic nitrogens is 4. The molecular formula is C16H16N4S. The maximum absolute atomic E-state index is 5.34. The van der Waals surface area contributed by atoms with E-state index >= 15 is 0 Å². The van der Waals surface area contributed by atoms with Gasteiger partial charge in [0.15, 0.2) is 5.82 Å². The molecule has 2 aromatic heterocycles. The zero-order valence-corrected chi connectivity index (χ0v) is 12.7. The molecule has 0 amide bonds. The Hall–Kier alpha value is -2.14. The van der Waals surface area contributed by atoms with Crippen molar-refractivity contribution >= 4 is 23.3 Å². The van der Waals surface area contributed by atoms with Crippen molar-refractivity contribution in [3.63, 3.8) is 0 Å². The van der Waals surface area contributed by atoms with E-state index < -0.39 is 0 Å². The molecule has 3 rings (SSSR count). The maximum Gasteiger partial charge on any atom is 0.161 e. The van der Waals surface area contributed by atoms with Crippen LogP contribution in [0.4, 0.5) is 0 Å². The number of H-pyrrole nitrogens is 1. The molecule has 1 N–H and O–H groups in total. The Balaban J connectivity index is 2.09. The van der Waals surface area contributed by atoms with Gasteiger partial charge in [-0.1, -0.05) is 55.9 Å². The first-order valence-corrected chi connectivity index (χ1v) is 7.50. The van der Waals surface area contributed by atoms with Crippen LogP contribution < -0.4 is 0 Å². The predicted octanol–water partition coefficient (Wildman–Crippen LogP) is 4.09. The fourth-order valence-electron chi connectivity index (χ4n) is 2.17. The molecular weight excluding hydrogens is 280 g/mol. The molecule has 2 heterocycles. The second-order valence-corrected chi connectivity index (χ2v) is 5.30. The fourth-order valence-corrected chi connectivity index (χ4v) is 2.43. The van der Waals surface area contributed by atoms with E-state index in [-0.39, 0.29) is 0 Å². The van der Waals surface area contributed by atoms with Crippen LogP contribution in [-0.2, 0) is 6.42 Å². The number of benzene rings is 1. The van der Waals surface area contributed by atoms with E-state index in [1.54, 1.807) is 6.20 Å². The van der Waals surface area contributed by atoms with Crippen molar-refractivity contribution in [2.45, 2.75) is 26.2 Å². The summed E-state index contributed by atoms with van der Waals surface area (Å²) in [5, 5.41) is 0.796. The summed E-state index contributed by atoms with van der Waals surface area (Å²) in [5.41, 5.74) is 1.75. The highest BCUT2D eigenvalue weighted by atomic mass is 32.1. The summed E-state index contributed by atoms with van der Waals surface area (Å²) in [4.78, 5) is 16.7. The van der Waals surface area contributed by atoms with E-state index in [0.717, 1.165) is 41.7 Å². The first-order chi connectivity index (χ1) is 10.3. The molecule has 0 bridgehead atoms. The number of nitrogens with zero attached hydrogens (tertiary/aromatic N) is 3. The molecule has 4 nitrogen and oxygen atoms in total. The third-order valence-corrected chi connectivity index (χ3v) is 3.63. The van der Waals surface area contributed by atoms with E-state index in [9.17, 15) is 0 Å². The van der Waals surface area contributed by atoms with Crippen molar-refractivity contribution in [1.82, 2.24) is 19.9 Å². The summed E-state index contributed by atoms with van der Waals surface area (Å²) in [6, 6.07) is 9.92. The minimum absolute atomic E-state index is 0.564. The summed E-state index contributed by atoms with van der Waals surface area (Å²) < 4.78 is 0.564. The van der Waals surface area contributed by atoms with Gasteiger partial charge in [0.1, 0.15) is 16.1 Å². The molecule has 0 fully saturated rings. The molecule has 1 aromatic carbocycles. The van der Waals surface area contributed by atoms with Gasteiger partial charge in [0.05, 0.1) is 5.39 Å². The number of unbranched alkanes of at least 4 members (excludes halogenated alkanes) is 1.